The van der Waals surface area contributed by atoms with Crippen molar-refractivity contribution in [3.05, 3.63) is 21.0 Å². The molecular formula is C10H14BrN5O2. The lowest BCUT2D eigenvalue weighted by molar-refractivity contribution is -0.119. The largest absolute Gasteiger partial charge is 0.368 e. The van der Waals surface area contributed by atoms with Gasteiger partial charge in [0.1, 0.15) is 10.5 Å². The van der Waals surface area contributed by atoms with Gasteiger partial charge in [-0.1, -0.05) is 0 Å². The average Bonchev–Trinajstić information content (AvgIpc) is 2.36. The standard InChI is InChI=1S/C10H14BrN5O2/c1-15-10(18)8(11)6(5-14-15)16-3-2-13-4-7(16)9(12)17/h5,7,13H,2-4H2,1H3,(H2,12,17). The van der Waals surface area contributed by atoms with Crippen LogP contribution in [0.5, 0.6) is 0 Å². The van der Waals surface area contributed by atoms with Crippen molar-refractivity contribution in [2.45, 2.75) is 6.04 Å². The van der Waals surface area contributed by atoms with Crippen molar-refractivity contribution in [2.75, 3.05) is 24.5 Å². The first-order valence-electron chi connectivity index (χ1n) is 5.51. The summed E-state index contributed by atoms with van der Waals surface area (Å²) < 4.78 is 1.63. The Morgan fingerprint density at radius 1 is 1.67 bits per heavy atom. The van der Waals surface area contributed by atoms with Crippen LogP contribution in [-0.4, -0.2) is 41.4 Å². The molecule has 1 aliphatic rings. The van der Waals surface area contributed by atoms with Gasteiger partial charge in [0.25, 0.3) is 5.56 Å². The first-order chi connectivity index (χ1) is 8.52. The summed E-state index contributed by atoms with van der Waals surface area (Å²) >= 11 is 3.26. The highest BCUT2D eigenvalue weighted by molar-refractivity contribution is 9.10. The van der Waals surface area contributed by atoms with Crippen molar-refractivity contribution in [3.8, 4) is 0 Å². The van der Waals surface area contributed by atoms with Crippen LogP contribution in [0.15, 0.2) is 15.5 Å². The van der Waals surface area contributed by atoms with E-state index in [4.69, 9.17) is 5.73 Å². The lowest BCUT2D eigenvalue weighted by Crippen LogP contribution is -2.57. The molecule has 1 atom stereocenters. The summed E-state index contributed by atoms with van der Waals surface area (Å²) in [6.07, 6.45) is 1.56. The lowest BCUT2D eigenvalue weighted by Gasteiger charge is -2.36. The average molecular weight is 316 g/mol. The third-order valence-corrected chi connectivity index (χ3v) is 3.69. The van der Waals surface area contributed by atoms with E-state index in [0.717, 1.165) is 6.54 Å². The molecule has 0 spiro atoms. The Balaban J connectivity index is 2.43. The van der Waals surface area contributed by atoms with Gasteiger partial charge in [-0.25, -0.2) is 4.68 Å². The summed E-state index contributed by atoms with van der Waals surface area (Å²) in [6.45, 7) is 1.80. The minimum atomic E-state index is -0.469. The van der Waals surface area contributed by atoms with E-state index >= 15 is 0 Å². The minimum absolute atomic E-state index is 0.241. The van der Waals surface area contributed by atoms with Gasteiger partial charge in [-0.15, -0.1) is 0 Å². The summed E-state index contributed by atoms with van der Waals surface area (Å²) in [5, 5.41) is 7.07. The van der Waals surface area contributed by atoms with Crippen LogP contribution in [0.2, 0.25) is 0 Å². The van der Waals surface area contributed by atoms with Crippen molar-refractivity contribution < 1.29 is 4.79 Å². The predicted octanol–water partition coefficient (Wildman–Crippen LogP) is -1.19. The Labute approximate surface area is 112 Å². The number of carbonyl (C=O) groups is 1. The van der Waals surface area contributed by atoms with Gasteiger partial charge in [0, 0.05) is 26.7 Å². The molecule has 1 saturated heterocycles. The first kappa shape index (κ1) is 13.0. The number of nitrogens with two attached hydrogens (primary N) is 1. The smallest absolute Gasteiger partial charge is 0.282 e. The van der Waals surface area contributed by atoms with Crippen LogP contribution in [0.3, 0.4) is 0 Å². The maximum atomic E-state index is 11.8. The number of nitrogens with zero attached hydrogens (tertiary/aromatic N) is 3. The molecular weight excluding hydrogens is 302 g/mol. The van der Waals surface area contributed by atoms with E-state index in [0.29, 0.717) is 23.2 Å². The second kappa shape index (κ2) is 5.07. The molecule has 1 aromatic heterocycles. The SMILES string of the molecule is Cn1ncc(N2CCNCC2C(N)=O)c(Br)c1=O. The first-order valence-corrected chi connectivity index (χ1v) is 6.30. The maximum absolute atomic E-state index is 11.8. The fraction of sp³-hybridized carbons (Fsp3) is 0.500. The number of aromatic nitrogens is 2. The molecule has 1 fully saturated rings. The number of halogens is 1. The molecule has 18 heavy (non-hydrogen) atoms. The Morgan fingerprint density at radius 3 is 3.06 bits per heavy atom. The number of aryl methyl sites for hydroxylation is 1. The number of hydrogen-bond donors (Lipinski definition) is 2. The number of nitrogens with one attached hydrogen (secondary N) is 1. The minimum Gasteiger partial charge on any atom is -0.368 e. The maximum Gasteiger partial charge on any atom is 0.282 e. The predicted molar refractivity (Wildman–Crippen MR) is 70.4 cm³/mol. The van der Waals surface area contributed by atoms with Crippen LogP contribution in [-0.2, 0) is 11.8 Å². The second-order valence-electron chi connectivity index (χ2n) is 4.09. The fourth-order valence-corrected chi connectivity index (χ4v) is 2.54. The van der Waals surface area contributed by atoms with Crippen LogP contribution in [0.4, 0.5) is 5.69 Å². The Bertz CT molecular complexity index is 529. The monoisotopic (exact) mass is 315 g/mol. The fourth-order valence-electron chi connectivity index (χ4n) is 1.95. The number of hydrogen-bond acceptors (Lipinski definition) is 5. The van der Waals surface area contributed by atoms with Crippen molar-refractivity contribution >= 4 is 27.5 Å². The number of rotatable bonds is 2. The lowest BCUT2D eigenvalue weighted by atomic mass is 10.1. The zero-order valence-corrected chi connectivity index (χ0v) is 11.5. The van der Waals surface area contributed by atoms with Crippen molar-refractivity contribution in [2.24, 2.45) is 12.8 Å². The third-order valence-electron chi connectivity index (χ3n) is 2.94. The molecule has 0 aliphatic carbocycles. The molecule has 0 aromatic carbocycles. The van der Waals surface area contributed by atoms with Crippen LogP contribution in [0.1, 0.15) is 0 Å². The summed E-state index contributed by atoms with van der Waals surface area (Å²) in [5.74, 6) is -0.422. The highest BCUT2D eigenvalue weighted by Gasteiger charge is 2.29. The van der Waals surface area contributed by atoms with E-state index < -0.39 is 11.9 Å². The van der Waals surface area contributed by atoms with Crippen molar-refractivity contribution in [1.82, 2.24) is 15.1 Å². The Kier molecular flexibility index (Phi) is 3.67. The summed E-state index contributed by atoms with van der Waals surface area (Å²) in [7, 11) is 1.57. The highest BCUT2D eigenvalue weighted by atomic mass is 79.9. The number of carbonyl (C=O) groups excluding carboxylic acids is 1. The van der Waals surface area contributed by atoms with Crippen LogP contribution < -0.4 is 21.5 Å². The summed E-state index contributed by atoms with van der Waals surface area (Å²) in [4.78, 5) is 25.0. The van der Waals surface area contributed by atoms with E-state index in [1.807, 2.05) is 0 Å². The normalized spacial score (nSPS) is 19.9. The molecule has 8 heteroatoms. The zero-order valence-electron chi connectivity index (χ0n) is 9.89. The van der Waals surface area contributed by atoms with Gasteiger partial charge in [-0.3, -0.25) is 9.59 Å². The van der Waals surface area contributed by atoms with E-state index in [1.165, 1.54) is 4.68 Å². The van der Waals surface area contributed by atoms with Gasteiger partial charge in [0.05, 0.1) is 11.9 Å². The molecule has 1 unspecified atom stereocenters. The molecule has 1 amide bonds. The molecule has 0 bridgehead atoms. The second-order valence-corrected chi connectivity index (χ2v) is 4.88. The molecule has 0 saturated carbocycles. The Hall–Kier alpha value is -1.41. The molecule has 1 aromatic rings. The van der Waals surface area contributed by atoms with E-state index in [-0.39, 0.29) is 5.56 Å². The molecule has 2 rings (SSSR count). The Morgan fingerprint density at radius 2 is 2.39 bits per heavy atom. The summed E-state index contributed by atoms with van der Waals surface area (Å²) in [6, 6.07) is -0.469. The van der Waals surface area contributed by atoms with Crippen LogP contribution in [0.25, 0.3) is 0 Å². The van der Waals surface area contributed by atoms with Crippen molar-refractivity contribution in [3.63, 3.8) is 0 Å². The molecule has 98 valence electrons. The molecule has 7 nitrogen and oxygen atoms in total. The number of amides is 1. The molecule has 0 radical (unpaired) electrons. The number of anilines is 1. The van der Waals surface area contributed by atoms with Gasteiger partial charge in [0.15, 0.2) is 0 Å². The quantitative estimate of drug-likeness (QED) is 0.715. The van der Waals surface area contributed by atoms with Gasteiger partial charge in [0.2, 0.25) is 5.91 Å². The van der Waals surface area contributed by atoms with Gasteiger partial charge < -0.3 is 16.0 Å². The molecule has 3 N–H and O–H groups in total. The van der Waals surface area contributed by atoms with E-state index in [1.54, 1.807) is 18.1 Å². The summed E-state index contributed by atoms with van der Waals surface area (Å²) in [5.41, 5.74) is 5.73. The van der Waals surface area contributed by atoms with Crippen LogP contribution >= 0.6 is 15.9 Å². The van der Waals surface area contributed by atoms with Gasteiger partial charge >= 0.3 is 0 Å². The number of primary amides is 1. The van der Waals surface area contributed by atoms with Crippen LogP contribution in [0, 0.1) is 0 Å². The van der Waals surface area contributed by atoms with E-state index in [2.05, 4.69) is 26.3 Å². The van der Waals surface area contributed by atoms with E-state index in [9.17, 15) is 9.59 Å². The molecule has 2 heterocycles. The third kappa shape index (κ3) is 2.25. The number of piperazine rings is 1. The molecule has 1 aliphatic heterocycles. The van der Waals surface area contributed by atoms with Gasteiger partial charge in [-0.2, -0.15) is 5.10 Å². The highest BCUT2D eigenvalue weighted by Crippen LogP contribution is 2.24. The zero-order chi connectivity index (χ0) is 13.3. The topological polar surface area (TPSA) is 93.2 Å². The van der Waals surface area contributed by atoms with Gasteiger partial charge in [-0.05, 0) is 15.9 Å². The van der Waals surface area contributed by atoms with Crippen molar-refractivity contribution in [1.29, 1.82) is 0 Å².